The summed E-state index contributed by atoms with van der Waals surface area (Å²) >= 11 is 0. The molecular weight excluding hydrogens is 232 g/mol. The molecule has 88 valence electrons. The maximum absolute atomic E-state index is 11.0. The van der Waals surface area contributed by atoms with Gasteiger partial charge in [-0.2, -0.15) is 8.42 Å². The van der Waals surface area contributed by atoms with Crippen molar-refractivity contribution in [2.24, 2.45) is 0 Å². The lowest BCUT2D eigenvalue weighted by molar-refractivity contribution is -0.114. The topological polar surface area (TPSA) is 109 Å². The van der Waals surface area contributed by atoms with Gasteiger partial charge in [0.2, 0.25) is 5.91 Å². The highest BCUT2D eigenvalue weighted by atomic mass is 32.2. The van der Waals surface area contributed by atoms with E-state index in [9.17, 15) is 13.2 Å². The molecule has 1 amide bonds. The molecule has 6 nitrogen and oxygen atoms in total. The van der Waals surface area contributed by atoms with E-state index in [1.165, 1.54) is 19.9 Å². The van der Waals surface area contributed by atoms with E-state index in [1.54, 1.807) is 0 Å². The van der Waals surface area contributed by atoms with E-state index in [4.69, 9.17) is 10.3 Å². The van der Waals surface area contributed by atoms with Crippen molar-refractivity contribution >= 4 is 27.4 Å². The number of hydrogen-bond acceptors (Lipinski definition) is 4. The van der Waals surface area contributed by atoms with Crippen LogP contribution in [0.15, 0.2) is 17.0 Å². The third-order valence-corrected chi connectivity index (χ3v) is 2.98. The number of carbonyl (C=O) groups is 1. The lowest BCUT2D eigenvalue weighted by Gasteiger charge is -2.09. The molecule has 0 aliphatic rings. The third-order valence-electron chi connectivity index (χ3n) is 2.00. The summed E-state index contributed by atoms with van der Waals surface area (Å²) in [5.41, 5.74) is 6.22. The zero-order chi connectivity index (χ0) is 12.5. The van der Waals surface area contributed by atoms with Crippen LogP contribution in [0, 0.1) is 6.92 Å². The van der Waals surface area contributed by atoms with Crippen molar-refractivity contribution in [2.75, 3.05) is 11.1 Å². The highest BCUT2D eigenvalue weighted by Gasteiger charge is 2.16. The Balaban J connectivity index is 3.39. The Morgan fingerprint density at radius 1 is 1.44 bits per heavy atom. The van der Waals surface area contributed by atoms with Crippen LogP contribution in [0.3, 0.4) is 0 Å². The molecular formula is C9H12N2O4S. The molecule has 0 unspecified atom stereocenters. The summed E-state index contributed by atoms with van der Waals surface area (Å²) in [6, 6.07) is 2.58. The number of nitrogen functional groups attached to an aromatic ring is 1. The number of amides is 1. The van der Waals surface area contributed by atoms with Gasteiger partial charge in [-0.05, 0) is 24.6 Å². The van der Waals surface area contributed by atoms with E-state index in [0.29, 0.717) is 0 Å². The minimum Gasteiger partial charge on any atom is -0.398 e. The number of carbonyl (C=O) groups excluding carboxylic acids is 1. The first-order valence-electron chi connectivity index (χ1n) is 4.37. The Kier molecular flexibility index (Phi) is 3.20. The molecule has 1 aromatic carbocycles. The van der Waals surface area contributed by atoms with Crippen LogP contribution in [-0.4, -0.2) is 18.9 Å². The first kappa shape index (κ1) is 12.5. The van der Waals surface area contributed by atoms with Gasteiger partial charge < -0.3 is 11.1 Å². The molecule has 0 aliphatic heterocycles. The van der Waals surface area contributed by atoms with Crippen LogP contribution >= 0.6 is 0 Å². The standard InChI is InChI=1S/C9H12N2O4S/c1-5-8(10)3-7(11-6(2)12)4-9(5)16(13,14)15/h3-4H,10H2,1-2H3,(H,11,12)(H,13,14,15). The van der Waals surface area contributed by atoms with Crippen LogP contribution in [0.4, 0.5) is 11.4 Å². The lowest BCUT2D eigenvalue weighted by Crippen LogP contribution is -2.09. The largest absolute Gasteiger partial charge is 0.398 e. The number of benzene rings is 1. The summed E-state index contributed by atoms with van der Waals surface area (Å²) in [6.45, 7) is 2.75. The molecule has 7 heteroatoms. The summed E-state index contributed by atoms with van der Waals surface area (Å²) in [6.07, 6.45) is 0. The second-order valence-electron chi connectivity index (χ2n) is 3.34. The fourth-order valence-corrected chi connectivity index (χ4v) is 2.03. The van der Waals surface area contributed by atoms with E-state index < -0.39 is 10.1 Å². The van der Waals surface area contributed by atoms with Crippen molar-refractivity contribution in [1.82, 2.24) is 0 Å². The number of hydrogen-bond donors (Lipinski definition) is 3. The minimum atomic E-state index is -4.35. The van der Waals surface area contributed by atoms with Gasteiger partial charge in [0, 0.05) is 18.3 Å². The normalized spacial score (nSPS) is 11.2. The SMILES string of the molecule is CC(=O)Nc1cc(N)c(C)c(S(=O)(=O)O)c1. The average Bonchev–Trinajstić information content (AvgIpc) is 2.08. The molecule has 0 fully saturated rings. The van der Waals surface area contributed by atoms with E-state index in [1.807, 2.05) is 0 Å². The summed E-state index contributed by atoms with van der Waals surface area (Å²) in [4.78, 5) is 10.5. The van der Waals surface area contributed by atoms with Crippen LogP contribution < -0.4 is 11.1 Å². The summed E-state index contributed by atoms with van der Waals surface area (Å²) < 4.78 is 31.0. The zero-order valence-electron chi connectivity index (χ0n) is 8.81. The van der Waals surface area contributed by atoms with Crippen molar-refractivity contribution in [3.8, 4) is 0 Å². The Hall–Kier alpha value is -1.60. The predicted octanol–water partition coefficient (Wildman–Crippen LogP) is 0.782. The molecule has 0 atom stereocenters. The maximum Gasteiger partial charge on any atom is 0.294 e. The number of rotatable bonds is 2. The Morgan fingerprint density at radius 3 is 2.44 bits per heavy atom. The van der Waals surface area contributed by atoms with Gasteiger partial charge in [0.25, 0.3) is 10.1 Å². The Labute approximate surface area is 93.2 Å². The van der Waals surface area contributed by atoms with Gasteiger partial charge in [0.15, 0.2) is 0 Å². The quantitative estimate of drug-likeness (QED) is 0.526. The molecule has 16 heavy (non-hydrogen) atoms. The van der Waals surface area contributed by atoms with Gasteiger partial charge in [-0.3, -0.25) is 9.35 Å². The number of anilines is 2. The number of nitrogens with one attached hydrogen (secondary N) is 1. The Morgan fingerprint density at radius 2 is 2.00 bits per heavy atom. The predicted molar refractivity (Wildman–Crippen MR) is 59.7 cm³/mol. The van der Waals surface area contributed by atoms with Gasteiger partial charge >= 0.3 is 0 Å². The highest BCUT2D eigenvalue weighted by Crippen LogP contribution is 2.25. The van der Waals surface area contributed by atoms with E-state index in [2.05, 4.69) is 5.32 Å². The van der Waals surface area contributed by atoms with Crippen LogP contribution in [0.1, 0.15) is 12.5 Å². The van der Waals surface area contributed by atoms with Crippen LogP contribution in [0.25, 0.3) is 0 Å². The maximum atomic E-state index is 11.0. The van der Waals surface area contributed by atoms with Crippen molar-refractivity contribution in [1.29, 1.82) is 0 Å². The minimum absolute atomic E-state index is 0.180. The van der Waals surface area contributed by atoms with Gasteiger partial charge in [-0.1, -0.05) is 0 Å². The second-order valence-corrected chi connectivity index (χ2v) is 4.73. The van der Waals surface area contributed by atoms with Crippen molar-refractivity contribution in [2.45, 2.75) is 18.7 Å². The fourth-order valence-electron chi connectivity index (χ4n) is 1.25. The van der Waals surface area contributed by atoms with Crippen LogP contribution in [0.5, 0.6) is 0 Å². The van der Waals surface area contributed by atoms with E-state index >= 15 is 0 Å². The molecule has 0 saturated heterocycles. The van der Waals surface area contributed by atoms with E-state index in [-0.39, 0.29) is 27.7 Å². The fraction of sp³-hybridized carbons (Fsp3) is 0.222. The molecule has 0 heterocycles. The molecule has 0 aliphatic carbocycles. The zero-order valence-corrected chi connectivity index (χ0v) is 9.63. The van der Waals surface area contributed by atoms with Gasteiger partial charge in [-0.25, -0.2) is 0 Å². The molecule has 0 spiro atoms. The average molecular weight is 244 g/mol. The second kappa shape index (κ2) is 4.11. The van der Waals surface area contributed by atoms with Crippen LogP contribution in [-0.2, 0) is 14.9 Å². The summed E-state index contributed by atoms with van der Waals surface area (Å²) in [5.74, 6) is -0.357. The molecule has 4 N–H and O–H groups in total. The first-order chi connectivity index (χ1) is 7.21. The summed E-state index contributed by atoms with van der Waals surface area (Å²) in [7, 11) is -4.35. The smallest absolute Gasteiger partial charge is 0.294 e. The molecule has 0 radical (unpaired) electrons. The number of nitrogens with two attached hydrogens (primary N) is 1. The summed E-state index contributed by atoms with van der Waals surface area (Å²) in [5, 5.41) is 2.39. The van der Waals surface area contributed by atoms with E-state index in [0.717, 1.165) is 6.07 Å². The van der Waals surface area contributed by atoms with Crippen molar-refractivity contribution in [3.05, 3.63) is 17.7 Å². The van der Waals surface area contributed by atoms with Gasteiger partial charge in [-0.15, -0.1) is 0 Å². The van der Waals surface area contributed by atoms with Crippen LogP contribution in [0.2, 0.25) is 0 Å². The molecule has 1 aromatic rings. The third kappa shape index (κ3) is 2.71. The first-order valence-corrected chi connectivity index (χ1v) is 5.81. The molecule has 0 aromatic heterocycles. The molecule has 0 saturated carbocycles. The monoisotopic (exact) mass is 244 g/mol. The molecule has 1 rings (SSSR count). The van der Waals surface area contributed by atoms with Gasteiger partial charge in [0.05, 0.1) is 0 Å². The van der Waals surface area contributed by atoms with Gasteiger partial charge in [0.1, 0.15) is 4.90 Å². The molecule has 0 bridgehead atoms. The Bertz CT molecular complexity index is 537. The lowest BCUT2D eigenvalue weighted by atomic mass is 10.2. The van der Waals surface area contributed by atoms with Crippen molar-refractivity contribution in [3.63, 3.8) is 0 Å². The van der Waals surface area contributed by atoms with Crippen molar-refractivity contribution < 1.29 is 17.8 Å². The highest BCUT2D eigenvalue weighted by molar-refractivity contribution is 7.85.